The molecule has 0 saturated carbocycles. The minimum absolute atomic E-state index is 0. The summed E-state index contributed by atoms with van der Waals surface area (Å²) in [5.74, 6) is 0.780. The molecule has 0 fully saturated rings. The molecule has 2 unspecified atom stereocenters. The Morgan fingerprint density at radius 1 is 1.45 bits per heavy atom. The molecule has 0 saturated heterocycles. The Bertz CT molecular complexity index is 490. The molecule has 124 valence electrons. The molecule has 2 rings (SSSR count). The van der Waals surface area contributed by atoms with E-state index in [1.807, 2.05) is 12.1 Å². The van der Waals surface area contributed by atoms with Gasteiger partial charge >= 0.3 is 5.97 Å². The highest BCUT2D eigenvalue weighted by Crippen LogP contribution is 2.39. The van der Waals surface area contributed by atoms with Crippen LogP contribution in [-0.4, -0.2) is 26.2 Å². The number of nitrogens with one attached hydrogen (secondary N) is 1. The first kappa shape index (κ1) is 19.0. The molecule has 0 bridgehead atoms. The van der Waals surface area contributed by atoms with Gasteiger partial charge in [-0.05, 0) is 67.8 Å². The molecule has 1 aliphatic rings. The first-order valence-corrected chi connectivity index (χ1v) is 8.09. The van der Waals surface area contributed by atoms with E-state index in [1.54, 1.807) is 0 Å². The number of aryl methyl sites for hydroxylation is 1. The van der Waals surface area contributed by atoms with E-state index in [1.165, 1.54) is 24.7 Å². The lowest BCUT2D eigenvalue weighted by atomic mass is 9.74. The number of hydrogen-bond acceptors (Lipinski definition) is 3. The molecule has 1 aromatic carbocycles. The van der Waals surface area contributed by atoms with Gasteiger partial charge < -0.3 is 10.1 Å². The van der Waals surface area contributed by atoms with E-state index >= 15 is 0 Å². The number of hydrogen-bond donors (Lipinski definition) is 1. The normalized spacial score (nSPS) is 18.0. The zero-order chi connectivity index (χ0) is 15.2. The van der Waals surface area contributed by atoms with Gasteiger partial charge in [-0.1, -0.05) is 26.0 Å². The van der Waals surface area contributed by atoms with Gasteiger partial charge in [-0.15, -0.1) is 12.4 Å². The Hall–Kier alpha value is -1.06. The van der Waals surface area contributed by atoms with Gasteiger partial charge in [0.15, 0.2) is 0 Å². The average Bonchev–Trinajstić information content (AvgIpc) is 2.53. The Labute approximate surface area is 140 Å². The zero-order valence-corrected chi connectivity index (χ0v) is 14.7. The van der Waals surface area contributed by atoms with Crippen LogP contribution in [0.15, 0.2) is 18.2 Å². The predicted octanol–water partition coefficient (Wildman–Crippen LogP) is 3.95. The van der Waals surface area contributed by atoms with Gasteiger partial charge in [0.05, 0.1) is 12.7 Å². The molecule has 0 aromatic heterocycles. The van der Waals surface area contributed by atoms with Crippen molar-refractivity contribution in [1.82, 2.24) is 5.32 Å². The van der Waals surface area contributed by atoms with Gasteiger partial charge in [0, 0.05) is 0 Å². The van der Waals surface area contributed by atoms with Crippen molar-refractivity contribution in [3.05, 3.63) is 34.9 Å². The SMILES string of the molecule is CCCNCC(C)C1CCCc2cccc(C(=O)OC)c21.Cl. The van der Waals surface area contributed by atoms with Gasteiger partial charge in [-0.2, -0.15) is 0 Å². The van der Waals surface area contributed by atoms with E-state index in [0.29, 0.717) is 11.8 Å². The summed E-state index contributed by atoms with van der Waals surface area (Å²) in [5, 5.41) is 3.51. The van der Waals surface area contributed by atoms with Crippen LogP contribution in [0.25, 0.3) is 0 Å². The molecule has 0 heterocycles. The number of halogens is 1. The van der Waals surface area contributed by atoms with E-state index in [2.05, 4.69) is 25.2 Å². The third kappa shape index (κ3) is 4.23. The number of rotatable bonds is 6. The summed E-state index contributed by atoms with van der Waals surface area (Å²) in [6, 6.07) is 6.06. The van der Waals surface area contributed by atoms with Crippen LogP contribution < -0.4 is 5.32 Å². The van der Waals surface area contributed by atoms with Crippen molar-refractivity contribution in [2.45, 2.75) is 45.4 Å². The van der Waals surface area contributed by atoms with Crippen LogP contribution in [0.4, 0.5) is 0 Å². The minimum Gasteiger partial charge on any atom is -0.465 e. The predicted molar refractivity (Wildman–Crippen MR) is 93.0 cm³/mol. The molecule has 0 amide bonds. The number of ether oxygens (including phenoxy) is 1. The Kier molecular flexibility index (Phi) is 7.91. The molecule has 22 heavy (non-hydrogen) atoms. The number of methoxy groups -OCH3 is 1. The minimum atomic E-state index is -0.201. The first-order chi connectivity index (χ1) is 10.2. The van der Waals surface area contributed by atoms with Crippen molar-refractivity contribution in [3.63, 3.8) is 0 Å². The average molecular weight is 326 g/mol. The molecule has 2 atom stereocenters. The molecule has 3 nitrogen and oxygen atoms in total. The fourth-order valence-corrected chi connectivity index (χ4v) is 3.43. The van der Waals surface area contributed by atoms with Crippen molar-refractivity contribution >= 4 is 18.4 Å². The molecule has 1 aromatic rings. The van der Waals surface area contributed by atoms with E-state index in [4.69, 9.17) is 4.74 Å². The molecule has 0 spiro atoms. The summed E-state index contributed by atoms with van der Waals surface area (Å²) in [5.41, 5.74) is 3.33. The summed E-state index contributed by atoms with van der Waals surface area (Å²) in [7, 11) is 1.46. The molecular formula is C18H28ClNO2. The third-order valence-corrected chi connectivity index (χ3v) is 4.51. The quantitative estimate of drug-likeness (QED) is 0.635. The van der Waals surface area contributed by atoms with Crippen LogP contribution in [0.1, 0.15) is 60.5 Å². The number of carbonyl (C=O) groups excluding carboxylic acids is 1. The summed E-state index contributed by atoms with van der Waals surface area (Å²) in [4.78, 5) is 12.1. The van der Waals surface area contributed by atoms with E-state index in [9.17, 15) is 4.79 Å². The Morgan fingerprint density at radius 3 is 2.91 bits per heavy atom. The number of esters is 1. The fraction of sp³-hybridized carbons (Fsp3) is 0.611. The van der Waals surface area contributed by atoms with Gasteiger partial charge in [-0.3, -0.25) is 0 Å². The smallest absolute Gasteiger partial charge is 0.338 e. The van der Waals surface area contributed by atoms with E-state index < -0.39 is 0 Å². The van der Waals surface area contributed by atoms with Crippen molar-refractivity contribution in [2.75, 3.05) is 20.2 Å². The Balaban J connectivity index is 0.00000242. The monoisotopic (exact) mass is 325 g/mol. The van der Waals surface area contributed by atoms with Crippen LogP contribution in [-0.2, 0) is 11.2 Å². The highest BCUT2D eigenvalue weighted by molar-refractivity contribution is 5.91. The summed E-state index contributed by atoms with van der Waals surface area (Å²) < 4.78 is 4.97. The molecule has 0 radical (unpaired) electrons. The number of fused-ring (bicyclic) bond motifs is 1. The van der Waals surface area contributed by atoms with E-state index in [-0.39, 0.29) is 18.4 Å². The fourth-order valence-electron chi connectivity index (χ4n) is 3.43. The van der Waals surface area contributed by atoms with Crippen molar-refractivity contribution < 1.29 is 9.53 Å². The molecule has 4 heteroatoms. The standard InChI is InChI=1S/C18H27NO2.ClH/c1-4-11-19-12-13(2)15-9-5-7-14-8-6-10-16(17(14)15)18(20)21-3;/h6,8,10,13,15,19H,4-5,7,9,11-12H2,1-3H3;1H. The second-order valence-electron chi connectivity index (χ2n) is 6.05. The van der Waals surface area contributed by atoms with Gasteiger partial charge in [0.25, 0.3) is 0 Å². The lowest BCUT2D eigenvalue weighted by molar-refractivity contribution is 0.0598. The number of benzene rings is 1. The number of carbonyl (C=O) groups is 1. The topological polar surface area (TPSA) is 38.3 Å². The lowest BCUT2D eigenvalue weighted by Gasteiger charge is -2.32. The van der Waals surface area contributed by atoms with Crippen LogP contribution >= 0.6 is 12.4 Å². The molecule has 1 aliphatic carbocycles. The van der Waals surface area contributed by atoms with Crippen molar-refractivity contribution in [2.24, 2.45) is 5.92 Å². The maximum Gasteiger partial charge on any atom is 0.338 e. The Morgan fingerprint density at radius 2 is 2.23 bits per heavy atom. The third-order valence-electron chi connectivity index (χ3n) is 4.51. The van der Waals surface area contributed by atoms with E-state index in [0.717, 1.165) is 37.9 Å². The zero-order valence-electron chi connectivity index (χ0n) is 13.9. The lowest BCUT2D eigenvalue weighted by Crippen LogP contribution is -2.29. The van der Waals surface area contributed by atoms with Gasteiger partial charge in [-0.25, -0.2) is 4.79 Å². The first-order valence-electron chi connectivity index (χ1n) is 8.09. The molecule has 1 N–H and O–H groups in total. The van der Waals surface area contributed by atoms with Crippen molar-refractivity contribution in [1.29, 1.82) is 0 Å². The van der Waals surface area contributed by atoms with Crippen molar-refractivity contribution in [3.8, 4) is 0 Å². The second-order valence-corrected chi connectivity index (χ2v) is 6.05. The van der Waals surface area contributed by atoms with Crippen LogP contribution in [0.2, 0.25) is 0 Å². The summed E-state index contributed by atoms with van der Waals surface area (Å²) >= 11 is 0. The highest BCUT2D eigenvalue weighted by Gasteiger charge is 2.29. The maximum atomic E-state index is 12.1. The largest absolute Gasteiger partial charge is 0.465 e. The molecular weight excluding hydrogens is 298 g/mol. The summed E-state index contributed by atoms with van der Waals surface area (Å²) in [6.07, 6.45) is 4.60. The second kappa shape index (κ2) is 9.16. The van der Waals surface area contributed by atoms with Gasteiger partial charge in [0.2, 0.25) is 0 Å². The maximum absolute atomic E-state index is 12.1. The molecule has 0 aliphatic heterocycles. The van der Waals surface area contributed by atoms with Gasteiger partial charge in [0.1, 0.15) is 0 Å². The summed E-state index contributed by atoms with van der Waals surface area (Å²) in [6.45, 7) is 6.54. The highest BCUT2D eigenvalue weighted by atomic mass is 35.5. The van der Waals surface area contributed by atoms with Crippen LogP contribution in [0.3, 0.4) is 0 Å². The van der Waals surface area contributed by atoms with Crippen LogP contribution in [0.5, 0.6) is 0 Å². The van der Waals surface area contributed by atoms with Crippen LogP contribution in [0, 0.1) is 5.92 Å².